The van der Waals surface area contributed by atoms with Crippen molar-refractivity contribution in [1.82, 2.24) is 4.98 Å². The molecule has 2 aromatic rings. The van der Waals surface area contributed by atoms with E-state index >= 15 is 0 Å². The van der Waals surface area contributed by atoms with Crippen LogP contribution in [0.4, 0.5) is 5.82 Å². The van der Waals surface area contributed by atoms with Gasteiger partial charge in [-0.25, -0.2) is 4.98 Å². The van der Waals surface area contributed by atoms with E-state index < -0.39 is 6.23 Å². The van der Waals surface area contributed by atoms with E-state index in [0.29, 0.717) is 16.9 Å². The largest absolute Gasteiger partial charge is 0.369 e. The Bertz CT molecular complexity index is 569. The molecule has 1 atom stereocenters. The number of rotatable bonds is 1. The standard InChI is InChI=1S/C13H10N2O2/c16-12-9-5-1-2-6-10(9)13(17)15(12)11-7-3-4-8-14-11/h1-8,12,16H. The number of carbonyl (C=O) groups is 1. The van der Waals surface area contributed by atoms with E-state index in [1.165, 1.54) is 4.90 Å². The molecule has 1 N–H and O–H groups in total. The number of hydrogen-bond acceptors (Lipinski definition) is 3. The summed E-state index contributed by atoms with van der Waals surface area (Å²) in [6.45, 7) is 0. The van der Waals surface area contributed by atoms with E-state index in [9.17, 15) is 9.90 Å². The minimum absolute atomic E-state index is 0.216. The predicted octanol–water partition coefficient (Wildman–Crippen LogP) is 1.73. The number of carbonyl (C=O) groups excluding carboxylic acids is 1. The van der Waals surface area contributed by atoms with Crippen molar-refractivity contribution in [2.45, 2.75) is 6.23 Å². The quantitative estimate of drug-likeness (QED) is 0.805. The summed E-state index contributed by atoms with van der Waals surface area (Å²) in [6, 6.07) is 12.3. The molecule has 1 unspecified atom stereocenters. The van der Waals surface area contributed by atoms with Gasteiger partial charge in [-0.1, -0.05) is 24.3 Å². The van der Waals surface area contributed by atoms with E-state index in [2.05, 4.69) is 4.98 Å². The number of fused-ring (bicyclic) bond motifs is 1. The molecular weight excluding hydrogens is 216 g/mol. The molecule has 1 aliphatic heterocycles. The first-order valence-corrected chi connectivity index (χ1v) is 5.30. The Morgan fingerprint density at radius 1 is 1.12 bits per heavy atom. The summed E-state index contributed by atoms with van der Waals surface area (Å²) in [4.78, 5) is 17.5. The van der Waals surface area contributed by atoms with Crippen molar-refractivity contribution in [3.8, 4) is 0 Å². The molecule has 0 spiro atoms. The minimum Gasteiger partial charge on any atom is -0.369 e. The molecule has 1 aromatic carbocycles. The van der Waals surface area contributed by atoms with E-state index in [4.69, 9.17) is 0 Å². The summed E-state index contributed by atoms with van der Waals surface area (Å²) in [5.74, 6) is 0.244. The van der Waals surface area contributed by atoms with Gasteiger partial charge in [0, 0.05) is 17.3 Å². The number of benzene rings is 1. The lowest BCUT2D eigenvalue weighted by atomic mass is 10.1. The first-order chi connectivity index (χ1) is 8.29. The Morgan fingerprint density at radius 2 is 1.88 bits per heavy atom. The average Bonchev–Trinajstić information content (AvgIpc) is 2.64. The van der Waals surface area contributed by atoms with Gasteiger partial charge in [-0.3, -0.25) is 9.69 Å². The lowest BCUT2D eigenvalue weighted by Gasteiger charge is -2.19. The van der Waals surface area contributed by atoms with Crippen molar-refractivity contribution < 1.29 is 9.90 Å². The molecule has 17 heavy (non-hydrogen) atoms. The van der Waals surface area contributed by atoms with E-state index in [-0.39, 0.29) is 5.91 Å². The second-order valence-electron chi connectivity index (χ2n) is 3.82. The number of anilines is 1. The number of hydrogen-bond donors (Lipinski definition) is 1. The fourth-order valence-electron chi connectivity index (χ4n) is 2.02. The fourth-order valence-corrected chi connectivity index (χ4v) is 2.02. The van der Waals surface area contributed by atoms with Crippen LogP contribution in [-0.4, -0.2) is 16.0 Å². The molecule has 4 nitrogen and oxygen atoms in total. The number of amides is 1. The Balaban J connectivity index is 2.10. The van der Waals surface area contributed by atoms with Crippen LogP contribution in [0.3, 0.4) is 0 Å². The number of pyridine rings is 1. The lowest BCUT2D eigenvalue weighted by Crippen LogP contribution is -2.28. The molecule has 0 saturated heterocycles. The number of nitrogens with zero attached hydrogens (tertiary/aromatic N) is 2. The normalized spacial score (nSPS) is 18.3. The van der Waals surface area contributed by atoms with Gasteiger partial charge >= 0.3 is 0 Å². The number of aliphatic hydroxyl groups is 1. The van der Waals surface area contributed by atoms with Gasteiger partial charge in [0.2, 0.25) is 0 Å². The third-order valence-electron chi connectivity index (χ3n) is 2.83. The van der Waals surface area contributed by atoms with Crippen LogP contribution in [0.1, 0.15) is 22.1 Å². The van der Waals surface area contributed by atoms with Crippen molar-refractivity contribution in [1.29, 1.82) is 0 Å². The van der Waals surface area contributed by atoms with E-state index in [0.717, 1.165) is 0 Å². The van der Waals surface area contributed by atoms with Crippen molar-refractivity contribution in [3.63, 3.8) is 0 Å². The Kier molecular flexibility index (Phi) is 2.16. The summed E-state index contributed by atoms with van der Waals surface area (Å²) < 4.78 is 0. The van der Waals surface area contributed by atoms with Crippen LogP contribution in [0.5, 0.6) is 0 Å². The summed E-state index contributed by atoms with van der Waals surface area (Å²) in [7, 11) is 0. The molecule has 1 amide bonds. The molecule has 84 valence electrons. The number of aliphatic hydroxyl groups excluding tert-OH is 1. The molecule has 1 aliphatic rings. The van der Waals surface area contributed by atoms with Gasteiger partial charge in [0.05, 0.1) is 0 Å². The highest BCUT2D eigenvalue weighted by Gasteiger charge is 2.36. The molecule has 0 aliphatic carbocycles. The first-order valence-electron chi connectivity index (χ1n) is 5.30. The summed E-state index contributed by atoms with van der Waals surface area (Å²) in [5, 5.41) is 10.1. The summed E-state index contributed by atoms with van der Waals surface area (Å²) in [5.41, 5.74) is 1.16. The highest BCUT2D eigenvalue weighted by atomic mass is 16.3. The van der Waals surface area contributed by atoms with E-state index in [1.807, 2.05) is 0 Å². The van der Waals surface area contributed by atoms with Crippen LogP contribution in [0.2, 0.25) is 0 Å². The van der Waals surface area contributed by atoms with Crippen LogP contribution < -0.4 is 4.90 Å². The van der Waals surface area contributed by atoms with Gasteiger partial charge in [0.15, 0.2) is 6.23 Å². The van der Waals surface area contributed by atoms with Crippen LogP contribution in [0.15, 0.2) is 48.7 Å². The van der Waals surface area contributed by atoms with E-state index in [1.54, 1.807) is 48.7 Å². The second kappa shape index (κ2) is 3.68. The zero-order valence-corrected chi connectivity index (χ0v) is 8.95. The molecule has 0 radical (unpaired) electrons. The van der Waals surface area contributed by atoms with Crippen molar-refractivity contribution in [2.24, 2.45) is 0 Å². The lowest BCUT2D eigenvalue weighted by molar-refractivity contribution is 0.0933. The molecule has 4 heteroatoms. The molecule has 0 bridgehead atoms. The first kappa shape index (κ1) is 9.99. The van der Waals surface area contributed by atoms with Crippen molar-refractivity contribution in [2.75, 3.05) is 4.90 Å². The molecular formula is C13H10N2O2. The monoisotopic (exact) mass is 226 g/mol. The third kappa shape index (κ3) is 1.42. The Morgan fingerprint density at radius 3 is 2.59 bits per heavy atom. The van der Waals surface area contributed by atoms with Gasteiger partial charge in [-0.05, 0) is 18.2 Å². The maximum atomic E-state index is 12.1. The SMILES string of the molecule is O=C1c2ccccc2C(O)N1c1ccccn1. The molecule has 0 fully saturated rings. The zero-order chi connectivity index (χ0) is 11.8. The summed E-state index contributed by atoms with van der Waals surface area (Å²) in [6.07, 6.45) is 0.645. The molecule has 2 heterocycles. The van der Waals surface area contributed by atoms with Crippen LogP contribution >= 0.6 is 0 Å². The van der Waals surface area contributed by atoms with Gasteiger partial charge in [-0.2, -0.15) is 0 Å². The van der Waals surface area contributed by atoms with Crippen LogP contribution in [0.25, 0.3) is 0 Å². The van der Waals surface area contributed by atoms with Gasteiger partial charge < -0.3 is 5.11 Å². The van der Waals surface area contributed by atoms with Crippen LogP contribution in [0, 0.1) is 0 Å². The predicted molar refractivity (Wildman–Crippen MR) is 62.4 cm³/mol. The fraction of sp³-hybridized carbons (Fsp3) is 0.0769. The van der Waals surface area contributed by atoms with Gasteiger partial charge in [0.25, 0.3) is 5.91 Å². The third-order valence-corrected chi connectivity index (χ3v) is 2.83. The van der Waals surface area contributed by atoms with Crippen LogP contribution in [-0.2, 0) is 0 Å². The minimum atomic E-state index is -0.950. The second-order valence-corrected chi connectivity index (χ2v) is 3.82. The smallest absolute Gasteiger partial charge is 0.262 e. The molecule has 0 saturated carbocycles. The van der Waals surface area contributed by atoms with Crippen molar-refractivity contribution in [3.05, 3.63) is 59.8 Å². The van der Waals surface area contributed by atoms with Gasteiger partial charge in [0.1, 0.15) is 5.82 Å². The Hall–Kier alpha value is -2.20. The number of aromatic nitrogens is 1. The highest BCUT2D eigenvalue weighted by Crippen LogP contribution is 2.34. The maximum absolute atomic E-state index is 12.1. The van der Waals surface area contributed by atoms with Crippen molar-refractivity contribution >= 4 is 11.7 Å². The Labute approximate surface area is 98.1 Å². The summed E-state index contributed by atoms with van der Waals surface area (Å²) >= 11 is 0. The maximum Gasteiger partial charge on any atom is 0.262 e. The average molecular weight is 226 g/mol. The highest BCUT2D eigenvalue weighted by molar-refractivity contribution is 6.10. The topological polar surface area (TPSA) is 53.4 Å². The van der Waals surface area contributed by atoms with Gasteiger partial charge in [-0.15, -0.1) is 0 Å². The zero-order valence-electron chi connectivity index (χ0n) is 8.95. The molecule has 3 rings (SSSR count). The molecule has 1 aromatic heterocycles.